The summed E-state index contributed by atoms with van der Waals surface area (Å²) in [5.74, 6) is 1.31. The van der Waals surface area contributed by atoms with Crippen LogP contribution in [0, 0.1) is 5.92 Å². The first-order valence-corrected chi connectivity index (χ1v) is 14.3. The molecule has 0 spiro atoms. The average molecular weight is 530 g/mol. The van der Waals surface area contributed by atoms with Gasteiger partial charge in [0, 0.05) is 42.6 Å². The number of thiol groups is 2. The topological polar surface area (TPSA) is 61.9 Å². The van der Waals surface area contributed by atoms with Gasteiger partial charge in [-0.05, 0) is 55.1 Å². The van der Waals surface area contributed by atoms with E-state index in [1.807, 2.05) is 0 Å². The minimum absolute atomic E-state index is 0.0351. The molecular weight excluding hydrogens is 490 g/mol. The van der Waals surface area contributed by atoms with Crippen LogP contribution in [0.15, 0.2) is 42.5 Å². The molecule has 2 aromatic rings. The van der Waals surface area contributed by atoms with Crippen LogP contribution in [0.2, 0.25) is 0 Å². The van der Waals surface area contributed by atoms with Crippen LogP contribution in [0.4, 0.5) is 0 Å². The summed E-state index contributed by atoms with van der Waals surface area (Å²) in [5.41, 5.74) is 1.24. The Kier molecular flexibility index (Phi) is 9.99. The van der Waals surface area contributed by atoms with Crippen molar-refractivity contribution in [1.82, 2.24) is 15.1 Å². The lowest BCUT2D eigenvalue weighted by molar-refractivity contribution is -0.150. The number of esters is 1. The number of methoxy groups -OCH3 is 1. The summed E-state index contributed by atoms with van der Waals surface area (Å²) in [6.45, 7) is 3.51. The maximum atomic E-state index is 13.1. The molecule has 196 valence electrons. The summed E-state index contributed by atoms with van der Waals surface area (Å²) in [5, 5.41) is 5.34. The number of piperidine rings is 1. The number of nitrogens with one attached hydrogen (secondary N) is 1. The molecular formula is C28H39N3O3S2. The van der Waals surface area contributed by atoms with Crippen LogP contribution in [-0.2, 0) is 14.3 Å². The van der Waals surface area contributed by atoms with Gasteiger partial charge in [0.05, 0.1) is 19.6 Å². The predicted octanol–water partition coefficient (Wildman–Crippen LogP) is 3.62. The molecule has 2 heterocycles. The third-order valence-electron chi connectivity index (χ3n) is 7.85. The van der Waals surface area contributed by atoms with Gasteiger partial charge in [0.2, 0.25) is 5.91 Å². The maximum Gasteiger partial charge on any atom is 0.310 e. The van der Waals surface area contributed by atoms with Crippen molar-refractivity contribution < 1.29 is 14.3 Å². The zero-order valence-electron chi connectivity index (χ0n) is 21.1. The summed E-state index contributed by atoms with van der Waals surface area (Å²) in [6, 6.07) is 15.7. The first-order valence-electron chi connectivity index (χ1n) is 13.1. The predicted molar refractivity (Wildman–Crippen MR) is 152 cm³/mol. The quantitative estimate of drug-likeness (QED) is 0.290. The minimum atomic E-state index is -0.157. The Labute approximate surface area is 225 Å². The molecule has 4 unspecified atom stereocenters. The fourth-order valence-corrected chi connectivity index (χ4v) is 6.64. The van der Waals surface area contributed by atoms with Crippen molar-refractivity contribution in [3.05, 3.63) is 48.0 Å². The second-order valence-electron chi connectivity index (χ2n) is 9.96. The summed E-state index contributed by atoms with van der Waals surface area (Å²) < 4.78 is 5.35. The second-order valence-corrected chi connectivity index (χ2v) is 10.9. The van der Waals surface area contributed by atoms with Crippen molar-refractivity contribution >= 4 is 47.9 Å². The Morgan fingerprint density at radius 1 is 1.08 bits per heavy atom. The van der Waals surface area contributed by atoms with Gasteiger partial charge in [-0.25, -0.2) is 0 Å². The van der Waals surface area contributed by atoms with Crippen LogP contribution < -0.4 is 5.32 Å². The lowest BCUT2D eigenvalue weighted by Crippen LogP contribution is -2.51. The van der Waals surface area contributed by atoms with E-state index in [1.165, 1.54) is 23.4 Å². The Hall–Kier alpha value is -1.74. The number of carbonyl (C=O) groups is 2. The number of ether oxygens (including phenoxy) is 1. The van der Waals surface area contributed by atoms with Gasteiger partial charge in [-0.2, -0.15) is 25.3 Å². The fourth-order valence-electron chi connectivity index (χ4n) is 6.24. The normalized spacial score (nSPS) is 23.8. The van der Waals surface area contributed by atoms with Crippen molar-refractivity contribution in [3.63, 3.8) is 0 Å². The standard InChI is InChI=1S/C28H39N3O3S2/c1-34-28(33)27-24(22-8-7-20-5-2-3-6-21(20)17-22)18-23-9-10-25(27)31(23)13-4-12-30(14-16-36)19-26(32)29-11-15-35/h2-3,5-8,17,23-25,27,35-36H,4,9-16,18-19H2,1H3,(H,29,32). The molecule has 2 aromatic carbocycles. The molecule has 1 N–H and O–H groups in total. The molecule has 2 aliphatic rings. The van der Waals surface area contributed by atoms with E-state index in [0.29, 0.717) is 30.6 Å². The maximum absolute atomic E-state index is 13.1. The Morgan fingerprint density at radius 3 is 2.64 bits per heavy atom. The summed E-state index contributed by atoms with van der Waals surface area (Å²) >= 11 is 8.54. The van der Waals surface area contributed by atoms with Crippen LogP contribution in [0.1, 0.15) is 37.2 Å². The minimum Gasteiger partial charge on any atom is -0.469 e. The van der Waals surface area contributed by atoms with E-state index in [-0.39, 0.29) is 29.8 Å². The molecule has 2 saturated heterocycles. The van der Waals surface area contributed by atoms with Gasteiger partial charge in [-0.3, -0.25) is 19.4 Å². The van der Waals surface area contributed by atoms with E-state index in [9.17, 15) is 9.59 Å². The third kappa shape index (κ3) is 6.39. The van der Waals surface area contributed by atoms with Crippen LogP contribution in [-0.4, -0.2) is 85.1 Å². The molecule has 4 atom stereocenters. The molecule has 0 aliphatic carbocycles. The number of nitrogens with zero attached hydrogens (tertiary/aromatic N) is 2. The third-order valence-corrected chi connectivity index (χ3v) is 8.27. The molecule has 0 radical (unpaired) electrons. The molecule has 2 fully saturated rings. The first-order chi connectivity index (χ1) is 17.5. The highest BCUT2D eigenvalue weighted by molar-refractivity contribution is 7.80. The highest BCUT2D eigenvalue weighted by atomic mass is 32.1. The lowest BCUT2D eigenvalue weighted by atomic mass is 9.75. The summed E-state index contributed by atoms with van der Waals surface area (Å²) in [6.07, 6.45) is 4.08. The molecule has 36 heavy (non-hydrogen) atoms. The van der Waals surface area contributed by atoms with E-state index in [2.05, 4.69) is 82.8 Å². The van der Waals surface area contributed by atoms with E-state index in [1.54, 1.807) is 0 Å². The van der Waals surface area contributed by atoms with Gasteiger partial charge in [0.15, 0.2) is 0 Å². The molecule has 0 aromatic heterocycles. The lowest BCUT2D eigenvalue weighted by Gasteiger charge is -2.44. The van der Waals surface area contributed by atoms with Gasteiger partial charge < -0.3 is 10.1 Å². The Morgan fingerprint density at radius 2 is 1.89 bits per heavy atom. The summed E-state index contributed by atoms with van der Waals surface area (Å²) in [7, 11) is 1.51. The zero-order valence-corrected chi connectivity index (χ0v) is 22.9. The van der Waals surface area contributed by atoms with Crippen molar-refractivity contribution in [3.8, 4) is 0 Å². The van der Waals surface area contributed by atoms with Crippen molar-refractivity contribution in [2.24, 2.45) is 5.92 Å². The van der Waals surface area contributed by atoms with E-state index < -0.39 is 0 Å². The molecule has 0 saturated carbocycles. The molecule has 2 aliphatic heterocycles. The van der Waals surface area contributed by atoms with E-state index in [0.717, 1.165) is 45.3 Å². The first kappa shape index (κ1) is 27.3. The van der Waals surface area contributed by atoms with Crippen LogP contribution in [0.25, 0.3) is 10.8 Å². The molecule has 4 rings (SSSR count). The van der Waals surface area contributed by atoms with Gasteiger partial charge >= 0.3 is 5.97 Å². The van der Waals surface area contributed by atoms with Crippen LogP contribution in [0.5, 0.6) is 0 Å². The van der Waals surface area contributed by atoms with Crippen LogP contribution >= 0.6 is 25.3 Å². The van der Waals surface area contributed by atoms with Crippen molar-refractivity contribution in [2.45, 2.75) is 43.7 Å². The van der Waals surface area contributed by atoms with Crippen LogP contribution in [0.3, 0.4) is 0 Å². The highest BCUT2D eigenvalue weighted by Gasteiger charge is 2.50. The number of amides is 1. The number of carbonyl (C=O) groups excluding carboxylic acids is 2. The number of rotatable bonds is 12. The fraction of sp³-hybridized carbons (Fsp3) is 0.571. The van der Waals surface area contributed by atoms with Gasteiger partial charge in [0.1, 0.15) is 0 Å². The number of benzene rings is 2. The SMILES string of the molecule is COC(=O)C1C(c2ccc3ccccc3c2)CC2CCC1N2CCCN(CCS)CC(=O)NCCS. The van der Waals surface area contributed by atoms with Gasteiger partial charge in [0.25, 0.3) is 0 Å². The Bertz CT molecular complexity index is 1040. The van der Waals surface area contributed by atoms with Gasteiger partial charge in [-0.1, -0.05) is 42.5 Å². The largest absolute Gasteiger partial charge is 0.469 e. The molecule has 8 heteroatoms. The van der Waals surface area contributed by atoms with Gasteiger partial charge in [-0.15, -0.1) is 0 Å². The van der Waals surface area contributed by atoms with Crippen molar-refractivity contribution in [1.29, 1.82) is 0 Å². The molecule has 2 bridgehead atoms. The van der Waals surface area contributed by atoms with E-state index in [4.69, 9.17) is 4.74 Å². The molecule has 1 amide bonds. The monoisotopic (exact) mass is 529 g/mol. The average Bonchev–Trinajstić information content (AvgIpc) is 3.17. The number of hydrogen-bond acceptors (Lipinski definition) is 7. The highest BCUT2D eigenvalue weighted by Crippen LogP contribution is 2.47. The molecule has 6 nitrogen and oxygen atoms in total. The second kappa shape index (κ2) is 13.2. The summed E-state index contributed by atoms with van der Waals surface area (Å²) in [4.78, 5) is 30.0. The van der Waals surface area contributed by atoms with E-state index >= 15 is 0 Å². The van der Waals surface area contributed by atoms with Crippen molar-refractivity contribution in [2.75, 3.05) is 51.3 Å². The number of hydrogen-bond donors (Lipinski definition) is 3. The smallest absolute Gasteiger partial charge is 0.310 e. The zero-order chi connectivity index (χ0) is 25.5. The number of fused-ring (bicyclic) bond motifs is 3. The Balaban J connectivity index is 1.43.